The summed E-state index contributed by atoms with van der Waals surface area (Å²) in [6.45, 7) is 0. The van der Waals surface area contributed by atoms with E-state index in [4.69, 9.17) is 4.98 Å². The first kappa shape index (κ1) is 17.4. The number of allylic oxidation sites excluding steroid dienone is 1. The van der Waals surface area contributed by atoms with Gasteiger partial charge >= 0.3 is 0 Å². The lowest BCUT2D eigenvalue weighted by Crippen LogP contribution is -1.83. The topological polar surface area (TPSA) is 41.0 Å². The van der Waals surface area contributed by atoms with Gasteiger partial charge in [-0.2, -0.15) is 0 Å². The van der Waals surface area contributed by atoms with Gasteiger partial charge in [-0.05, 0) is 35.9 Å². The summed E-state index contributed by atoms with van der Waals surface area (Å²) >= 11 is 3.63. The molecule has 0 bridgehead atoms. The highest BCUT2D eigenvalue weighted by atomic mass is 79.9. The van der Waals surface area contributed by atoms with Gasteiger partial charge in [0.05, 0.1) is 16.7 Å². The van der Waals surface area contributed by atoms with Crippen LogP contribution in [0.3, 0.4) is 0 Å². The molecule has 0 amide bonds. The fourth-order valence-corrected chi connectivity index (χ4v) is 3.30. The minimum Gasteiger partial charge on any atom is -0.338 e. The third kappa shape index (κ3) is 4.23. The first-order chi connectivity index (χ1) is 13.3. The lowest BCUT2D eigenvalue weighted by atomic mass is 10.1. The number of aliphatic imine (C=N–C) groups is 1. The van der Waals surface area contributed by atoms with Crippen molar-refractivity contribution in [1.82, 2.24) is 9.97 Å². The SMILES string of the molecule is BrC(=Cc1ccccc1)CC=Nc1ccccc1-c1nc2ccccc2[nH]1. The molecular formula is C23H18BrN3. The van der Waals surface area contributed by atoms with Gasteiger partial charge in [0.2, 0.25) is 0 Å². The van der Waals surface area contributed by atoms with Gasteiger partial charge in [-0.1, -0.05) is 70.5 Å². The molecule has 0 aliphatic carbocycles. The van der Waals surface area contributed by atoms with Crippen molar-refractivity contribution in [3.63, 3.8) is 0 Å². The van der Waals surface area contributed by atoms with E-state index in [0.717, 1.165) is 39.0 Å². The van der Waals surface area contributed by atoms with Gasteiger partial charge < -0.3 is 4.98 Å². The number of benzene rings is 3. The van der Waals surface area contributed by atoms with Crippen LogP contribution in [-0.4, -0.2) is 16.2 Å². The van der Waals surface area contributed by atoms with Crippen molar-refractivity contribution in [2.45, 2.75) is 6.42 Å². The Morgan fingerprint density at radius 3 is 2.52 bits per heavy atom. The van der Waals surface area contributed by atoms with Crippen LogP contribution >= 0.6 is 15.9 Å². The molecule has 4 heteroatoms. The van der Waals surface area contributed by atoms with Gasteiger partial charge in [0, 0.05) is 22.7 Å². The lowest BCUT2D eigenvalue weighted by Gasteiger charge is -2.02. The Balaban J connectivity index is 1.56. The molecule has 0 spiro atoms. The number of nitrogens with zero attached hydrogens (tertiary/aromatic N) is 2. The zero-order valence-electron chi connectivity index (χ0n) is 14.6. The summed E-state index contributed by atoms with van der Waals surface area (Å²) in [5, 5.41) is 0. The van der Waals surface area contributed by atoms with Gasteiger partial charge in [0.15, 0.2) is 0 Å². The highest BCUT2D eigenvalue weighted by Gasteiger charge is 2.08. The first-order valence-corrected chi connectivity index (χ1v) is 9.57. The van der Waals surface area contributed by atoms with E-state index >= 15 is 0 Å². The van der Waals surface area contributed by atoms with Crippen LogP contribution in [0.2, 0.25) is 0 Å². The molecule has 0 aliphatic heterocycles. The molecule has 4 rings (SSSR count). The summed E-state index contributed by atoms with van der Waals surface area (Å²) in [5.41, 5.74) is 5.05. The highest BCUT2D eigenvalue weighted by Crippen LogP contribution is 2.29. The molecule has 1 aromatic heterocycles. The van der Waals surface area contributed by atoms with Crippen molar-refractivity contribution in [3.05, 3.63) is 88.9 Å². The zero-order valence-corrected chi connectivity index (χ0v) is 16.2. The van der Waals surface area contributed by atoms with Crippen LogP contribution in [0.4, 0.5) is 5.69 Å². The average Bonchev–Trinajstić information content (AvgIpc) is 3.13. The zero-order chi connectivity index (χ0) is 18.5. The quantitative estimate of drug-likeness (QED) is 0.359. The van der Waals surface area contributed by atoms with Crippen LogP contribution in [0.15, 0.2) is 88.3 Å². The van der Waals surface area contributed by atoms with Crippen molar-refractivity contribution in [2.24, 2.45) is 4.99 Å². The van der Waals surface area contributed by atoms with Crippen molar-refractivity contribution in [2.75, 3.05) is 0 Å². The van der Waals surface area contributed by atoms with Gasteiger partial charge in [0.25, 0.3) is 0 Å². The second kappa shape index (κ2) is 8.14. The van der Waals surface area contributed by atoms with Crippen LogP contribution in [0.5, 0.6) is 0 Å². The molecule has 0 unspecified atom stereocenters. The molecule has 0 saturated carbocycles. The van der Waals surface area contributed by atoms with E-state index in [9.17, 15) is 0 Å². The van der Waals surface area contributed by atoms with E-state index in [1.165, 1.54) is 5.56 Å². The lowest BCUT2D eigenvalue weighted by molar-refractivity contribution is 1.32. The van der Waals surface area contributed by atoms with Crippen molar-refractivity contribution < 1.29 is 0 Å². The fraction of sp³-hybridized carbons (Fsp3) is 0.0435. The summed E-state index contributed by atoms with van der Waals surface area (Å²) in [5.74, 6) is 0.836. The Bertz CT molecular complexity index is 1080. The van der Waals surface area contributed by atoms with Crippen LogP contribution in [0, 0.1) is 0 Å². The number of nitrogens with one attached hydrogen (secondary N) is 1. The van der Waals surface area contributed by atoms with Crippen LogP contribution in [0.1, 0.15) is 12.0 Å². The van der Waals surface area contributed by atoms with Crippen LogP contribution in [-0.2, 0) is 0 Å². The Morgan fingerprint density at radius 1 is 0.926 bits per heavy atom. The molecule has 27 heavy (non-hydrogen) atoms. The number of hydrogen-bond acceptors (Lipinski definition) is 2. The number of imidazole rings is 1. The molecule has 0 saturated heterocycles. The van der Waals surface area contributed by atoms with Crippen LogP contribution < -0.4 is 0 Å². The average molecular weight is 416 g/mol. The third-order valence-corrected chi connectivity index (χ3v) is 4.74. The summed E-state index contributed by atoms with van der Waals surface area (Å²) in [6, 6.07) is 26.3. The minimum atomic E-state index is 0.726. The number of halogens is 1. The van der Waals surface area contributed by atoms with E-state index in [2.05, 4.69) is 44.1 Å². The Morgan fingerprint density at radius 2 is 1.67 bits per heavy atom. The fourth-order valence-electron chi connectivity index (χ4n) is 2.89. The number of hydrogen-bond donors (Lipinski definition) is 1. The standard InChI is InChI=1S/C23H18BrN3/c24-18(16-17-8-2-1-3-9-17)14-15-25-20-11-5-4-10-19(20)23-26-21-12-6-7-13-22(21)27-23/h1-13,15-16H,14H2,(H,26,27). The number of H-pyrrole nitrogens is 1. The number of para-hydroxylation sites is 3. The monoisotopic (exact) mass is 415 g/mol. The van der Waals surface area contributed by atoms with E-state index in [1.54, 1.807) is 0 Å². The van der Waals surface area contributed by atoms with E-state index < -0.39 is 0 Å². The summed E-state index contributed by atoms with van der Waals surface area (Å²) in [4.78, 5) is 12.7. The first-order valence-electron chi connectivity index (χ1n) is 8.77. The largest absolute Gasteiger partial charge is 0.338 e. The molecule has 1 N–H and O–H groups in total. The van der Waals surface area contributed by atoms with Crippen molar-refractivity contribution in [3.8, 4) is 11.4 Å². The maximum absolute atomic E-state index is 4.69. The second-order valence-electron chi connectivity index (χ2n) is 6.14. The molecule has 3 aromatic carbocycles. The van der Waals surface area contributed by atoms with E-state index in [0.29, 0.717) is 0 Å². The van der Waals surface area contributed by atoms with Gasteiger partial charge in [0.1, 0.15) is 5.82 Å². The predicted octanol–water partition coefficient (Wildman–Crippen LogP) is 6.76. The van der Waals surface area contributed by atoms with Gasteiger partial charge in [-0.3, -0.25) is 4.99 Å². The maximum Gasteiger partial charge on any atom is 0.140 e. The normalized spacial score (nSPS) is 12.1. The molecular weight excluding hydrogens is 398 g/mol. The van der Waals surface area contributed by atoms with E-state index in [1.807, 2.05) is 72.9 Å². The molecule has 0 radical (unpaired) electrons. The van der Waals surface area contributed by atoms with Crippen molar-refractivity contribution in [1.29, 1.82) is 0 Å². The highest BCUT2D eigenvalue weighted by molar-refractivity contribution is 9.11. The number of aromatic nitrogens is 2. The third-order valence-electron chi connectivity index (χ3n) is 4.19. The Labute approximate surface area is 166 Å². The summed E-state index contributed by atoms with van der Waals surface area (Å²) < 4.78 is 1.08. The molecule has 132 valence electrons. The number of aromatic amines is 1. The molecule has 4 aromatic rings. The molecule has 0 fully saturated rings. The van der Waals surface area contributed by atoms with Gasteiger partial charge in [-0.15, -0.1) is 0 Å². The number of fused-ring (bicyclic) bond motifs is 1. The van der Waals surface area contributed by atoms with Crippen LogP contribution in [0.25, 0.3) is 28.5 Å². The van der Waals surface area contributed by atoms with Gasteiger partial charge in [-0.25, -0.2) is 4.98 Å². The number of rotatable bonds is 5. The molecule has 0 atom stereocenters. The van der Waals surface area contributed by atoms with Crippen molar-refractivity contribution >= 4 is 44.9 Å². The summed E-state index contributed by atoms with van der Waals surface area (Å²) in [6.07, 6.45) is 4.76. The maximum atomic E-state index is 4.69. The molecule has 1 heterocycles. The summed E-state index contributed by atoms with van der Waals surface area (Å²) in [7, 11) is 0. The predicted molar refractivity (Wildman–Crippen MR) is 118 cm³/mol. The Hall–Kier alpha value is -2.98. The second-order valence-corrected chi connectivity index (χ2v) is 7.16. The van der Waals surface area contributed by atoms with E-state index in [-0.39, 0.29) is 0 Å². The Kier molecular flexibility index (Phi) is 5.26. The molecule has 3 nitrogen and oxygen atoms in total. The minimum absolute atomic E-state index is 0.726. The molecule has 0 aliphatic rings. The smallest absolute Gasteiger partial charge is 0.140 e.